The molecule has 22 heavy (non-hydrogen) atoms. The first kappa shape index (κ1) is 16.0. The van der Waals surface area contributed by atoms with Gasteiger partial charge < -0.3 is 10.1 Å². The number of ether oxygens (including phenoxy) is 1. The van der Waals surface area contributed by atoms with E-state index < -0.39 is 11.8 Å². The van der Waals surface area contributed by atoms with Crippen LogP contribution < -0.4 is 5.32 Å². The SMILES string of the molecule is CCOC(=O)/C=C(/Nc1cccc(Cl)c1F)c1ccccc1. The normalized spacial score (nSPS) is 11.1. The zero-order chi connectivity index (χ0) is 15.9. The first-order chi connectivity index (χ1) is 10.6. The Morgan fingerprint density at radius 1 is 1.23 bits per heavy atom. The van der Waals surface area contributed by atoms with Crippen LogP contribution in [0, 0.1) is 5.82 Å². The van der Waals surface area contributed by atoms with Crippen LogP contribution >= 0.6 is 11.6 Å². The Balaban J connectivity index is 2.37. The van der Waals surface area contributed by atoms with Crippen molar-refractivity contribution in [3.8, 4) is 0 Å². The molecule has 2 aromatic rings. The fourth-order valence-electron chi connectivity index (χ4n) is 1.86. The van der Waals surface area contributed by atoms with E-state index in [2.05, 4.69) is 5.32 Å². The average molecular weight is 320 g/mol. The fourth-order valence-corrected chi connectivity index (χ4v) is 2.03. The smallest absolute Gasteiger partial charge is 0.332 e. The second-order valence-corrected chi connectivity index (χ2v) is 4.81. The van der Waals surface area contributed by atoms with Gasteiger partial charge in [-0.3, -0.25) is 0 Å². The Morgan fingerprint density at radius 3 is 2.64 bits per heavy atom. The molecule has 2 rings (SSSR count). The van der Waals surface area contributed by atoms with Crippen LogP contribution in [-0.2, 0) is 9.53 Å². The van der Waals surface area contributed by atoms with Crippen LogP contribution in [0.5, 0.6) is 0 Å². The number of nitrogens with one attached hydrogen (secondary N) is 1. The summed E-state index contributed by atoms with van der Waals surface area (Å²) < 4.78 is 18.9. The predicted molar refractivity (Wildman–Crippen MR) is 86.1 cm³/mol. The summed E-state index contributed by atoms with van der Waals surface area (Å²) in [5, 5.41) is 2.90. The van der Waals surface area contributed by atoms with E-state index in [-0.39, 0.29) is 17.3 Å². The van der Waals surface area contributed by atoms with E-state index in [1.165, 1.54) is 12.1 Å². The van der Waals surface area contributed by atoms with Gasteiger partial charge in [0.2, 0.25) is 0 Å². The van der Waals surface area contributed by atoms with Crippen molar-refractivity contribution in [2.24, 2.45) is 0 Å². The first-order valence-electron chi connectivity index (χ1n) is 6.76. The molecule has 3 nitrogen and oxygen atoms in total. The molecule has 0 amide bonds. The van der Waals surface area contributed by atoms with Crippen LogP contribution in [0.3, 0.4) is 0 Å². The molecule has 0 saturated heterocycles. The molecule has 0 unspecified atom stereocenters. The highest BCUT2D eigenvalue weighted by molar-refractivity contribution is 6.31. The van der Waals surface area contributed by atoms with E-state index in [1.807, 2.05) is 18.2 Å². The first-order valence-corrected chi connectivity index (χ1v) is 7.14. The number of benzene rings is 2. The molecule has 0 aliphatic rings. The quantitative estimate of drug-likeness (QED) is 0.651. The molecular weight excluding hydrogens is 305 g/mol. The minimum Gasteiger partial charge on any atom is -0.463 e. The topological polar surface area (TPSA) is 38.3 Å². The van der Waals surface area contributed by atoms with Crippen molar-refractivity contribution in [1.82, 2.24) is 0 Å². The van der Waals surface area contributed by atoms with Crippen molar-refractivity contribution in [3.63, 3.8) is 0 Å². The highest BCUT2D eigenvalue weighted by Gasteiger charge is 2.10. The number of carbonyl (C=O) groups is 1. The van der Waals surface area contributed by atoms with Gasteiger partial charge in [0, 0.05) is 6.08 Å². The Kier molecular flexibility index (Phi) is 5.55. The van der Waals surface area contributed by atoms with Gasteiger partial charge in [-0.05, 0) is 24.6 Å². The maximum Gasteiger partial charge on any atom is 0.332 e. The van der Waals surface area contributed by atoms with E-state index in [0.717, 1.165) is 5.56 Å². The number of rotatable bonds is 5. The van der Waals surface area contributed by atoms with Gasteiger partial charge in [-0.2, -0.15) is 0 Å². The van der Waals surface area contributed by atoms with E-state index in [4.69, 9.17) is 16.3 Å². The summed E-state index contributed by atoms with van der Waals surface area (Å²) >= 11 is 5.77. The van der Waals surface area contributed by atoms with Crippen molar-refractivity contribution in [2.45, 2.75) is 6.92 Å². The lowest BCUT2D eigenvalue weighted by Gasteiger charge is -2.12. The zero-order valence-corrected chi connectivity index (χ0v) is 12.7. The minimum atomic E-state index is -0.574. The second-order valence-electron chi connectivity index (χ2n) is 4.40. The molecule has 2 aromatic carbocycles. The van der Waals surface area contributed by atoms with Gasteiger partial charge in [0.05, 0.1) is 23.0 Å². The number of carbonyl (C=O) groups excluding carboxylic acids is 1. The molecular formula is C17H15ClFNO2. The molecule has 114 valence electrons. The number of hydrogen-bond acceptors (Lipinski definition) is 3. The third kappa shape index (κ3) is 4.09. The number of halogens is 2. The van der Waals surface area contributed by atoms with Crippen LogP contribution in [0.2, 0.25) is 5.02 Å². The highest BCUT2D eigenvalue weighted by Crippen LogP contribution is 2.25. The lowest BCUT2D eigenvalue weighted by Crippen LogP contribution is -2.06. The summed E-state index contributed by atoms with van der Waals surface area (Å²) in [6, 6.07) is 13.7. The molecule has 0 fully saturated rings. The molecule has 0 radical (unpaired) electrons. The Bertz CT molecular complexity index is 686. The third-order valence-electron chi connectivity index (χ3n) is 2.85. The van der Waals surface area contributed by atoms with Crippen molar-refractivity contribution >= 4 is 29.0 Å². The van der Waals surface area contributed by atoms with E-state index >= 15 is 0 Å². The van der Waals surface area contributed by atoms with Gasteiger partial charge in [0.25, 0.3) is 0 Å². The summed E-state index contributed by atoms with van der Waals surface area (Å²) in [4.78, 5) is 11.7. The number of hydrogen-bond donors (Lipinski definition) is 1. The molecule has 0 bridgehead atoms. The largest absolute Gasteiger partial charge is 0.463 e. The van der Waals surface area contributed by atoms with Gasteiger partial charge in [0.15, 0.2) is 5.82 Å². The molecule has 0 atom stereocenters. The lowest BCUT2D eigenvalue weighted by molar-refractivity contribution is -0.137. The van der Waals surface area contributed by atoms with Gasteiger partial charge in [-0.15, -0.1) is 0 Å². The molecule has 5 heteroatoms. The van der Waals surface area contributed by atoms with Crippen molar-refractivity contribution in [2.75, 3.05) is 11.9 Å². The van der Waals surface area contributed by atoms with Crippen LogP contribution in [0.4, 0.5) is 10.1 Å². The summed E-state index contributed by atoms with van der Waals surface area (Å²) in [6.45, 7) is 1.99. The molecule has 0 saturated carbocycles. The van der Waals surface area contributed by atoms with Crippen molar-refractivity contribution in [3.05, 3.63) is 71.0 Å². The summed E-state index contributed by atoms with van der Waals surface area (Å²) in [5.74, 6) is -1.08. The van der Waals surface area contributed by atoms with Gasteiger partial charge >= 0.3 is 5.97 Å². The standard InChI is InChI=1S/C17H15ClFNO2/c1-2-22-16(21)11-15(12-7-4-3-5-8-12)20-14-10-6-9-13(18)17(14)19/h3-11,20H,2H2,1H3/b15-11+. The highest BCUT2D eigenvalue weighted by atomic mass is 35.5. The third-order valence-corrected chi connectivity index (χ3v) is 3.15. The summed E-state index contributed by atoms with van der Waals surface area (Å²) in [7, 11) is 0. The van der Waals surface area contributed by atoms with Gasteiger partial charge in [0.1, 0.15) is 0 Å². The molecule has 0 aliphatic heterocycles. The molecule has 1 N–H and O–H groups in total. The van der Waals surface area contributed by atoms with E-state index in [1.54, 1.807) is 31.2 Å². The van der Waals surface area contributed by atoms with Gasteiger partial charge in [-0.1, -0.05) is 48.0 Å². The second kappa shape index (κ2) is 7.61. The average Bonchev–Trinajstić information content (AvgIpc) is 2.52. The fraction of sp³-hybridized carbons (Fsp3) is 0.118. The predicted octanol–water partition coefficient (Wildman–Crippen LogP) is 4.50. The molecule has 0 heterocycles. The molecule has 0 spiro atoms. The number of esters is 1. The number of anilines is 1. The minimum absolute atomic E-state index is 0.00791. The molecule has 0 aliphatic carbocycles. The van der Waals surface area contributed by atoms with Crippen LogP contribution in [-0.4, -0.2) is 12.6 Å². The Labute approximate surface area is 133 Å². The monoisotopic (exact) mass is 319 g/mol. The van der Waals surface area contributed by atoms with Crippen LogP contribution in [0.25, 0.3) is 5.70 Å². The Morgan fingerprint density at radius 2 is 1.95 bits per heavy atom. The molecule has 0 aromatic heterocycles. The van der Waals surface area contributed by atoms with Crippen LogP contribution in [0.15, 0.2) is 54.6 Å². The zero-order valence-electron chi connectivity index (χ0n) is 12.0. The van der Waals surface area contributed by atoms with Crippen LogP contribution in [0.1, 0.15) is 12.5 Å². The lowest BCUT2D eigenvalue weighted by atomic mass is 10.1. The van der Waals surface area contributed by atoms with Crippen molar-refractivity contribution in [1.29, 1.82) is 0 Å². The Hall–Kier alpha value is -2.33. The maximum absolute atomic E-state index is 14.0. The van der Waals surface area contributed by atoms with E-state index in [9.17, 15) is 9.18 Å². The summed E-state index contributed by atoms with van der Waals surface area (Å²) in [6.07, 6.45) is 1.29. The van der Waals surface area contributed by atoms with E-state index in [0.29, 0.717) is 5.70 Å². The van der Waals surface area contributed by atoms with Gasteiger partial charge in [-0.25, -0.2) is 9.18 Å². The summed E-state index contributed by atoms with van der Waals surface area (Å²) in [5.41, 5.74) is 1.35. The maximum atomic E-state index is 14.0. The van der Waals surface area contributed by atoms with Crippen molar-refractivity contribution < 1.29 is 13.9 Å².